The number of carbonyl (C=O) groups is 1. The Morgan fingerprint density at radius 1 is 1.26 bits per heavy atom. The van der Waals surface area contributed by atoms with Crippen LogP contribution in [-0.4, -0.2) is 31.8 Å². The normalized spacial score (nSPS) is 19.2. The van der Waals surface area contributed by atoms with Crippen LogP contribution in [0.15, 0.2) is 0 Å². The van der Waals surface area contributed by atoms with Crippen molar-refractivity contribution in [2.45, 2.75) is 64.4 Å². The van der Waals surface area contributed by atoms with Gasteiger partial charge in [0.2, 0.25) is 0 Å². The topological polar surface area (TPSA) is 61.5 Å². The SMILES string of the molecule is COC(C)(C)CCOC(=O)CC1(CN)CCCCC1. The molecular weight excluding hydrogens is 242 g/mol. The van der Waals surface area contributed by atoms with Crippen LogP contribution in [0.3, 0.4) is 0 Å². The molecule has 0 aromatic rings. The van der Waals surface area contributed by atoms with Gasteiger partial charge in [0.15, 0.2) is 0 Å². The Bertz CT molecular complexity index is 283. The van der Waals surface area contributed by atoms with Gasteiger partial charge in [0, 0.05) is 13.5 Å². The van der Waals surface area contributed by atoms with Crippen LogP contribution in [0.1, 0.15) is 58.8 Å². The van der Waals surface area contributed by atoms with Gasteiger partial charge in [-0.2, -0.15) is 0 Å². The van der Waals surface area contributed by atoms with E-state index in [1.165, 1.54) is 19.3 Å². The van der Waals surface area contributed by atoms with Gasteiger partial charge in [0.25, 0.3) is 0 Å². The smallest absolute Gasteiger partial charge is 0.306 e. The van der Waals surface area contributed by atoms with Crippen LogP contribution in [0.5, 0.6) is 0 Å². The third-order valence-corrected chi connectivity index (χ3v) is 4.39. The zero-order valence-corrected chi connectivity index (χ0v) is 12.7. The molecule has 0 bridgehead atoms. The second-order valence-electron chi connectivity index (χ2n) is 6.38. The van der Waals surface area contributed by atoms with E-state index in [4.69, 9.17) is 15.2 Å². The fourth-order valence-electron chi connectivity index (χ4n) is 2.62. The highest BCUT2D eigenvalue weighted by Gasteiger charge is 2.33. The Kier molecular flexibility index (Phi) is 6.27. The van der Waals surface area contributed by atoms with Crippen molar-refractivity contribution in [2.75, 3.05) is 20.3 Å². The Hall–Kier alpha value is -0.610. The number of methoxy groups -OCH3 is 1. The molecule has 0 heterocycles. The summed E-state index contributed by atoms with van der Waals surface area (Å²) in [4.78, 5) is 11.9. The van der Waals surface area contributed by atoms with E-state index in [2.05, 4.69) is 0 Å². The molecule has 0 amide bonds. The van der Waals surface area contributed by atoms with Crippen molar-refractivity contribution in [1.82, 2.24) is 0 Å². The van der Waals surface area contributed by atoms with Crippen LogP contribution < -0.4 is 5.73 Å². The first-order valence-corrected chi connectivity index (χ1v) is 7.34. The molecule has 1 aliphatic carbocycles. The molecule has 19 heavy (non-hydrogen) atoms. The van der Waals surface area contributed by atoms with Crippen molar-refractivity contribution in [3.63, 3.8) is 0 Å². The molecule has 0 unspecified atom stereocenters. The predicted molar refractivity (Wildman–Crippen MR) is 75.9 cm³/mol. The molecule has 2 N–H and O–H groups in total. The van der Waals surface area contributed by atoms with Gasteiger partial charge in [-0.3, -0.25) is 4.79 Å². The van der Waals surface area contributed by atoms with Crippen LogP contribution in [-0.2, 0) is 14.3 Å². The number of rotatable bonds is 7. The lowest BCUT2D eigenvalue weighted by atomic mass is 9.72. The van der Waals surface area contributed by atoms with Crippen molar-refractivity contribution in [2.24, 2.45) is 11.1 Å². The van der Waals surface area contributed by atoms with Crippen LogP contribution in [0, 0.1) is 5.41 Å². The van der Waals surface area contributed by atoms with Gasteiger partial charge in [0.1, 0.15) is 0 Å². The summed E-state index contributed by atoms with van der Waals surface area (Å²) in [6, 6.07) is 0. The van der Waals surface area contributed by atoms with Crippen LogP contribution in [0.25, 0.3) is 0 Å². The van der Waals surface area contributed by atoms with Gasteiger partial charge in [-0.1, -0.05) is 19.3 Å². The fourth-order valence-corrected chi connectivity index (χ4v) is 2.62. The van der Waals surface area contributed by atoms with Gasteiger partial charge in [-0.25, -0.2) is 0 Å². The summed E-state index contributed by atoms with van der Waals surface area (Å²) in [5.74, 6) is -0.112. The molecule has 0 aromatic heterocycles. The lowest BCUT2D eigenvalue weighted by Gasteiger charge is -2.35. The quantitative estimate of drug-likeness (QED) is 0.723. The maximum Gasteiger partial charge on any atom is 0.306 e. The molecule has 1 rings (SSSR count). The van der Waals surface area contributed by atoms with Crippen molar-refractivity contribution < 1.29 is 14.3 Å². The Labute approximate surface area is 117 Å². The minimum Gasteiger partial charge on any atom is -0.466 e. The van der Waals surface area contributed by atoms with E-state index < -0.39 is 0 Å². The van der Waals surface area contributed by atoms with Gasteiger partial charge in [-0.05, 0) is 38.6 Å². The largest absolute Gasteiger partial charge is 0.466 e. The van der Waals surface area contributed by atoms with E-state index in [1.807, 2.05) is 13.8 Å². The summed E-state index contributed by atoms with van der Waals surface area (Å²) >= 11 is 0. The van der Waals surface area contributed by atoms with E-state index in [0.29, 0.717) is 26.0 Å². The summed E-state index contributed by atoms with van der Waals surface area (Å²) in [7, 11) is 1.67. The van der Waals surface area contributed by atoms with Gasteiger partial charge >= 0.3 is 5.97 Å². The fraction of sp³-hybridized carbons (Fsp3) is 0.933. The molecule has 1 saturated carbocycles. The summed E-state index contributed by atoms with van der Waals surface area (Å²) in [5, 5.41) is 0. The standard InChI is InChI=1S/C15H29NO3/c1-14(2,18-3)9-10-19-13(17)11-15(12-16)7-5-4-6-8-15/h4-12,16H2,1-3H3. The molecule has 4 heteroatoms. The van der Waals surface area contributed by atoms with Gasteiger partial charge in [-0.15, -0.1) is 0 Å². The Morgan fingerprint density at radius 2 is 1.89 bits per heavy atom. The van der Waals surface area contributed by atoms with E-state index in [0.717, 1.165) is 12.8 Å². The monoisotopic (exact) mass is 271 g/mol. The number of ether oxygens (including phenoxy) is 2. The molecule has 0 radical (unpaired) electrons. The van der Waals surface area contributed by atoms with E-state index in [1.54, 1.807) is 7.11 Å². The zero-order chi connectivity index (χ0) is 14.4. The van der Waals surface area contributed by atoms with E-state index in [9.17, 15) is 4.79 Å². The molecule has 0 atom stereocenters. The zero-order valence-electron chi connectivity index (χ0n) is 12.7. The highest BCUT2D eigenvalue weighted by Crippen LogP contribution is 2.38. The number of nitrogens with two attached hydrogens (primary N) is 1. The molecule has 0 aliphatic heterocycles. The number of hydrogen-bond acceptors (Lipinski definition) is 4. The average molecular weight is 271 g/mol. The maximum absolute atomic E-state index is 11.9. The lowest BCUT2D eigenvalue weighted by Crippen LogP contribution is -2.35. The summed E-state index contributed by atoms with van der Waals surface area (Å²) in [5.41, 5.74) is 5.63. The minimum absolute atomic E-state index is 0.00783. The summed E-state index contributed by atoms with van der Waals surface area (Å²) in [6.45, 7) is 4.98. The van der Waals surface area contributed by atoms with Crippen LogP contribution in [0.2, 0.25) is 0 Å². The van der Waals surface area contributed by atoms with E-state index >= 15 is 0 Å². The third-order valence-electron chi connectivity index (χ3n) is 4.39. The highest BCUT2D eigenvalue weighted by molar-refractivity contribution is 5.70. The van der Waals surface area contributed by atoms with E-state index in [-0.39, 0.29) is 17.0 Å². The minimum atomic E-state index is -0.239. The Morgan fingerprint density at radius 3 is 2.42 bits per heavy atom. The second kappa shape index (κ2) is 7.25. The molecule has 112 valence electrons. The first kappa shape index (κ1) is 16.4. The summed E-state index contributed by atoms with van der Waals surface area (Å²) < 4.78 is 10.6. The molecule has 1 aliphatic rings. The molecule has 1 fully saturated rings. The number of esters is 1. The van der Waals surface area contributed by atoms with Crippen molar-refractivity contribution >= 4 is 5.97 Å². The number of carbonyl (C=O) groups excluding carboxylic acids is 1. The molecule has 4 nitrogen and oxygen atoms in total. The van der Waals surface area contributed by atoms with Crippen molar-refractivity contribution in [3.05, 3.63) is 0 Å². The van der Waals surface area contributed by atoms with Crippen molar-refractivity contribution in [1.29, 1.82) is 0 Å². The average Bonchev–Trinajstić information content (AvgIpc) is 2.39. The van der Waals surface area contributed by atoms with Crippen molar-refractivity contribution in [3.8, 4) is 0 Å². The third kappa shape index (κ3) is 5.49. The first-order valence-electron chi connectivity index (χ1n) is 7.34. The van der Waals surface area contributed by atoms with Crippen LogP contribution in [0.4, 0.5) is 0 Å². The number of hydrogen-bond donors (Lipinski definition) is 1. The second-order valence-corrected chi connectivity index (χ2v) is 6.38. The maximum atomic E-state index is 11.9. The highest BCUT2D eigenvalue weighted by atomic mass is 16.5. The predicted octanol–water partition coefficient (Wildman–Crippen LogP) is 2.64. The van der Waals surface area contributed by atoms with Crippen LogP contribution >= 0.6 is 0 Å². The molecule has 0 aromatic carbocycles. The first-order chi connectivity index (χ1) is 8.93. The summed E-state index contributed by atoms with van der Waals surface area (Å²) in [6.07, 6.45) is 6.92. The molecule has 0 spiro atoms. The molecular formula is C15H29NO3. The lowest BCUT2D eigenvalue weighted by molar-refractivity contribution is -0.148. The van der Waals surface area contributed by atoms with Gasteiger partial charge < -0.3 is 15.2 Å². The Balaban J connectivity index is 2.33. The molecule has 0 saturated heterocycles. The van der Waals surface area contributed by atoms with Gasteiger partial charge in [0.05, 0.1) is 18.6 Å².